The van der Waals surface area contributed by atoms with Gasteiger partial charge in [0.15, 0.2) is 0 Å². The van der Waals surface area contributed by atoms with Crippen molar-refractivity contribution in [1.29, 1.82) is 0 Å². The fourth-order valence-corrected chi connectivity index (χ4v) is 1.49. The predicted octanol–water partition coefficient (Wildman–Crippen LogP) is 2.40. The van der Waals surface area contributed by atoms with E-state index in [0.717, 1.165) is 0 Å². The SMILES string of the molecule is C[Si](C)(C)C#C[b-]1ccccc1. The second-order valence-electron chi connectivity index (χ2n) is 4.01. The Balaban J connectivity index is 2.81. The summed E-state index contributed by atoms with van der Waals surface area (Å²) < 4.78 is 0. The summed E-state index contributed by atoms with van der Waals surface area (Å²) in [5.74, 6) is 7.54. The Morgan fingerprint density at radius 1 is 1.00 bits per heavy atom. The molecule has 62 valence electrons. The third-order valence-corrected chi connectivity index (χ3v) is 2.37. The molecule has 1 aromatic rings. The smallest absolute Gasteiger partial charge is 0.124 e. The van der Waals surface area contributed by atoms with Crippen molar-refractivity contribution in [1.82, 2.24) is 0 Å². The Morgan fingerprint density at radius 3 is 2.08 bits per heavy atom. The molecule has 0 saturated heterocycles. The molecule has 0 fully saturated rings. The van der Waals surface area contributed by atoms with Gasteiger partial charge in [0.1, 0.15) is 8.07 Å². The van der Waals surface area contributed by atoms with Gasteiger partial charge in [-0.2, -0.15) is 5.54 Å². The van der Waals surface area contributed by atoms with E-state index in [4.69, 9.17) is 0 Å². The number of hydrogen-bond donors (Lipinski definition) is 0. The molecule has 1 aromatic heterocycles. The number of rotatable bonds is 0. The number of hydrogen-bond acceptors (Lipinski definition) is 0. The van der Waals surface area contributed by atoms with Gasteiger partial charge in [-0.25, -0.2) is 11.9 Å². The summed E-state index contributed by atoms with van der Waals surface area (Å²) in [5, 5.41) is 0. The Labute approximate surface area is 76.1 Å². The molecule has 0 nitrogen and oxygen atoms in total. The van der Waals surface area contributed by atoms with Gasteiger partial charge in [-0.15, -0.1) is 12.1 Å². The summed E-state index contributed by atoms with van der Waals surface area (Å²) in [5.41, 5.74) is 3.36. The highest BCUT2D eigenvalue weighted by atomic mass is 28.3. The van der Waals surface area contributed by atoms with E-state index in [-0.39, 0.29) is 0 Å². The van der Waals surface area contributed by atoms with Crippen LogP contribution < -0.4 is 0 Å². The van der Waals surface area contributed by atoms with Crippen molar-refractivity contribution < 1.29 is 0 Å². The van der Waals surface area contributed by atoms with Crippen molar-refractivity contribution in [3.05, 3.63) is 30.1 Å². The van der Waals surface area contributed by atoms with Gasteiger partial charge >= 0.3 is 0 Å². The molecule has 0 bridgehead atoms. The molecule has 2 heteroatoms. The van der Waals surface area contributed by atoms with E-state index in [0.29, 0.717) is 6.34 Å². The van der Waals surface area contributed by atoms with Crippen LogP contribution in [-0.4, -0.2) is 14.4 Å². The highest BCUT2D eigenvalue weighted by Gasteiger charge is 2.05. The van der Waals surface area contributed by atoms with E-state index in [1.165, 1.54) is 0 Å². The highest BCUT2D eigenvalue weighted by Crippen LogP contribution is 1.96. The lowest BCUT2D eigenvalue weighted by molar-refractivity contribution is 1.81. The average Bonchev–Trinajstić information content (AvgIpc) is 2.02. The lowest BCUT2D eigenvalue weighted by atomic mass is 9.68. The van der Waals surface area contributed by atoms with Crippen LogP contribution in [0.3, 0.4) is 0 Å². The van der Waals surface area contributed by atoms with E-state index in [9.17, 15) is 0 Å². The van der Waals surface area contributed by atoms with E-state index in [1.807, 2.05) is 6.07 Å². The minimum absolute atomic E-state index is 0.349. The predicted molar refractivity (Wildman–Crippen MR) is 58.9 cm³/mol. The molecule has 0 aliphatic heterocycles. The monoisotopic (exact) mass is 173 g/mol. The summed E-state index contributed by atoms with van der Waals surface area (Å²) in [4.78, 5) is 0. The van der Waals surface area contributed by atoms with Gasteiger partial charge in [-0.3, -0.25) is 0 Å². The molecule has 1 rings (SSSR count). The van der Waals surface area contributed by atoms with E-state index in [2.05, 4.69) is 55.1 Å². The Bertz CT molecular complexity index is 300. The van der Waals surface area contributed by atoms with Gasteiger partial charge < -0.3 is 5.82 Å². The third kappa shape index (κ3) is 3.54. The quantitative estimate of drug-likeness (QED) is 0.417. The largest absolute Gasteiger partial charge is 0.337 e. The molecule has 0 spiro atoms. The topological polar surface area (TPSA) is 0 Å². The maximum absolute atomic E-state index is 3.36. The Hall–Kier alpha value is -0.808. The standard InChI is InChI=1S/C10H14BSi/c1-12(2,3)10-9-11-7-5-4-6-8-11/h4-8H,1-3H3/q-1. The van der Waals surface area contributed by atoms with Crippen LogP contribution in [0.15, 0.2) is 30.1 Å². The molecule has 0 atom stereocenters. The van der Waals surface area contributed by atoms with E-state index in [1.54, 1.807) is 0 Å². The minimum Gasteiger partial charge on any atom is -0.337 e. The molecule has 12 heavy (non-hydrogen) atoms. The zero-order valence-corrected chi connectivity index (χ0v) is 8.96. The van der Waals surface area contributed by atoms with Gasteiger partial charge in [-0.1, -0.05) is 25.7 Å². The van der Waals surface area contributed by atoms with Crippen molar-refractivity contribution in [3.8, 4) is 11.4 Å². The van der Waals surface area contributed by atoms with Gasteiger partial charge in [0.25, 0.3) is 0 Å². The molecule has 0 aromatic carbocycles. The Kier molecular flexibility index (Phi) is 2.89. The average molecular weight is 173 g/mol. The van der Waals surface area contributed by atoms with Crippen LogP contribution in [0.4, 0.5) is 0 Å². The first-order valence-corrected chi connectivity index (χ1v) is 7.79. The maximum atomic E-state index is 3.36. The first-order valence-electron chi connectivity index (χ1n) is 4.29. The molecule has 0 N–H and O–H groups in total. The first kappa shape index (κ1) is 9.28. The van der Waals surface area contributed by atoms with Crippen LogP contribution in [0.2, 0.25) is 19.6 Å². The minimum atomic E-state index is -1.18. The molecule has 0 aliphatic rings. The summed E-state index contributed by atoms with van der Waals surface area (Å²) >= 11 is 0. The van der Waals surface area contributed by atoms with Crippen LogP contribution in [0.1, 0.15) is 0 Å². The lowest BCUT2D eigenvalue weighted by Gasteiger charge is -2.07. The van der Waals surface area contributed by atoms with Crippen molar-refractivity contribution in [2.45, 2.75) is 19.6 Å². The highest BCUT2D eigenvalue weighted by molar-refractivity contribution is 6.85. The fourth-order valence-electron chi connectivity index (χ4n) is 0.892. The lowest BCUT2D eigenvalue weighted by Crippen LogP contribution is -2.16. The summed E-state index contributed by atoms with van der Waals surface area (Å²) in [6, 6.07) is 6.15. The van der Waals surface area contributed by atoms with Gasteiger partial charge in [0.05, 0.1) is 0 Å². The third-order valence-electron chi connectivity index (χ3n) is 1.47. The molecule has 0 saturated carbocycles. The summed E-state index contributed by atoms with van der Waals surface area (Å²) in [6.07, 6.45) is 0.349. The molecular formula is C10H14BSi-. The normalized spacial score (nSPS) is 10.2. The van der Waals surface area contributed by atoms with E-state index >= 15 is 0 Å². The van der Waals surface area contributed by atoms with Crippen molar-refractivity contribution in [3.63, 3.8) is 0 Å². The van der Waals surface area contributed by atoms with Crippen LogP contribution in [0.5, 0.6) is 0 Å². The second-order valence-corrected chi connectivity index (χ2v) is 8.76. The molecular weight excluding hydrogens is 159 g/mol. The van der Waals surface area contributed by atoms with Crippen LogP contribution in [0, 0.1) is 11.4 Å². The summed E-state index contributed by atoms with van der Waals surface area (Å²) in [6.45, 7) is 6.80. The van der Waals surface area contributed by atoms with Crippen LogP contribution >= 0.6 is 0 Å². The van der Waals surface area contributed by atoms with Crippen molar-refractivity contribution in [2.75, 3.05) is 0 Å². The summed E-state index contributed by atoms with van der Waals surface area (Å²) in [7, 11) is -1.18. The molecule has 0 aliphatic carbocycles. The van der Waals surface area contributed by atoms with Gasteiger partial charge in [-0.05, 0) is 6.34 Å². The van der Waals surface area contributed by atoms with Gasteiger partial charge in [0.2, 0.25) is 0 Å². The van der Waals surface area contributed by atoms with E-state index < -0.39 is 8.07 Å². The zero-order valence-electron chi connectivity index (χ0n) is 7.96. The molecule has 1 heterocycles. The van der Waals surface area contributed by atoms with Crippen LogP contribution in [-0.2, 0) is 0 Å². The van der Waals surface area contributed by atoms with Crippen molar-refractivity contribution in [2.24, 2.45) is 0 Å². The molecule has 0 amide bonds. The first-order chi connectivity index (χ1) is 5.58. The Morgan fingerprint density at radius 2 is 1.58 bits per heavy atom. The molecule has 0 unspecified atom stereocenters. The van der Waals surface area contributed by atoms with Crippen LogP contribution in [0.25, 0.3) is 0 Å². The fraction of sp³-hybridized carbons (Fsp3) is 0.300. The van der Waals surface area contributed by atoms with Gasteiger partial charge in [0, 0.05) is 0 Å². The second kappa shape index (κ2) is 3.73. The zero-order chi connectivity index (χ0) is 9.03. The maximum Gasteiger partial charge on any atom is 0.124 e. The van der Waals surface area contributed by atoms with Crippen molar-refractivity contribution >= 4 is 14.4 Å². The molecule has 0 radical (unpaired) electrons.